The molecule has 1 fully saturated rings. The molecule has 1 aliphatic rings. The molecule has 66 valence electrons. The molecule has 2 rings (SSSR count). The van der Waals surface area contributed by atoms with E-state index in [0.29, 0.717) is 0 Å². The maximum Gasteiger partial charge on any atom is -0.0195 e. The summed E-state index contributed by atoms with van der Waals surface area (Å²) in [5.74, 6) is 1.02. The summed E-state index contributed by atoms with van der Waals surface area (Å²) in [6.07, 6.45) is 4.21. The highest BCUT2D eigenvalue weighted by atomic mass is 14.4. The first-order valence-electron chi connectivity index (χ1n) is 4.57. The van der Waals surface area contributed by atoms with Crippen LogP contribution in [0.1, 0.15) is 18.4 Å². The topological polar surface area (TPSA) is 26.0 Å². The molecule has 0 atom stereocenters. The fraction of sp³-hybridized carbons (Fsp3) is 0.455. The zero-order valence-electron chi connectivity index (χ0n) is 7.66. The molecule has 0 saturated heterocycles. The van der Waals surface area contributed by atoms with Gasteiger partial charge in [-0.05, 0) is 37.8 Å². The van der Waals surface area contributed by atoms with Crippen molar-refractivity contribution in [3.8, 4) is 0 Å². The second kappa shape index (κ2) is 4.94. The lowest BCUT2D eigenvalue weighted by atomic mass is 10.1. The van der Waals surface area contributed by atoms with Crippen molar-refractivity contribution >= 4 is 0 Å². The normalized spacial score (nSPS) is 14.8. The van der Waals surface area contributed by atoms with Gasteiger partial charge in [0, 0.05) is 0 Å². The number of benzene rings is 1. The molecule has 1 aromatic carbocycles. The Morgan fingerprint density at radius 1 is 1.17 bits per heavy atom. The van der Waals surface area contributed by atoms with Crippen LogP contribution in [-0.4, -0.2) is 7.05 Å². The summed E-state index contributed by atoms with van der Waals surface area (Å²) < 4.78 is 0. The predicted molar refractivity (Wildman–Crippen MR) is 53.0 cm³/mol. The number of rotatable bonds is 2. The van der Waals surface area contributed by atoms with Crippen LogP contribution in [0.2, 0.25) is 0 Å². The van der Waals surface area contributed by atoms with Crippen LogP contribution < -0.4 is 5.73 Å². The van der Waals surface area contributed by atoms with E-state index in [1.54, 1.807) is 0 Å². The van der Waals surface area contributed by atoms with Crippen molar-refractivity contribution in [2.24, 2.45) is 11.7 Å². The molecule has 0 unspecified atom stereocenters. The van der Waals surface area contributed by atoms with Crippen molar-refractivity contribution < 1.29 is 0 Å². The molecule has 0 aromatic heterocycles. The zero-order chi connectivity index (χ0) is 8.81. The van der Waals surface area contributed by atoms with Gasteiger partial charge in [-0.2, -0.15) is 0 Å². The molecule has 1 aromatic rings. The first-order chi connectivity index (χ1) is 5.95. The molecule has 0 heterocycles. The zero-order valence-corrected chi connectivity index (χ0v) is 7.66. The molecule has 12 heavy (non-hydrogen) atoms. The minimum atomic E-state index is 1.02. The summed E-state index contributed by atoms with van der Waals surface area (Å²) in [5, 5.41) is 0. The molecule has 0 bridgehead atoms. The van der Waals surface area contributed by atoms with Crippen LogP contribution in [0.3, 0.4) is 0 Å². The molecule has 1 aliphatic carbocycles. The van der Waals surface area contributed by atoms with Crippen LogP contribution in [0.5, 0.6) is 0 Å². The number of nitrogens with two attached hydrogens (primary N) is 1. The quantitative estimate of drug-likeness (QED) is 0.710. The van der Waals surface area contributed by atoms with E-state index in [0.717, 1.165) is 5.92 Å². The minimum Gasteiger partial charge on any atom is -0.333 e. The van der Waals surface area contributed by atoms with Gasteiger partial charge in [0.2, 0.25) is 0 Å². The fourth-order valence-corrected chi connectivity index (χ4v) is 1.27. The standard InChI is InChI=1S/C10H12.CH5N/c1-2-4-9(5-3-1)8-10-6-7-10;1-2/h1-5,10H,6-8H2;2H2,1H3. The first kappa shape index (κ1) is 9.27. The van der Waals surface area contributed by atoms with Crippen molar-refractivity contribution in [2.75, 3.05) is 7.05 Å². The average molecular weight is 163 g/mol. The van der Waals surface area contributed by atoms with E-state index in [1.165, 1.54) is 31.9 Å². The lowest BCUT2D eigenvalue weighted by molar-refractivity contribution is 0.832. The fourth-order valence-electron chi connectivity index (χ4n) is 1.27. The van der Waals surface area contributed by atoms with Gasteiger partial charge in [-0.1, -0.05) is 30.3 Å². The Kier molecular flexibility index (Phi) is 3.81. The molecular formula is C11H17N. The Hall–Kier alpha value is -0.820. The smallest absolute Gasteiger partial charge is 0.0195 e. The molecule has 0 aliphatic heterocycles. The van der Waals surface area contributed by atoms with Crippen LogP contribution in [0.4, 0.5) is 0 Å². The molecular weight excluding hydrogens is 146 g/mol. The molecule has 1 saturated carbocycles. The van der Waals surface area contributed by atoms with E-state index in [1.807, 2.05) is 0 Å². The van der Waals surface area contributed by atoms with E-state index in [-0.39, 0.29) is 0 Å². The van der Waals surface area contributed by atoms with E-state index in [4.69, 9.17) is 0 Å². The largest absolute Gasteiger partial charge is 0.333 e. The molecule has 1 heteroatoms. The van der Waals surface area contributed by atoms with Crippen molar-refractivity contribution in [1.82, 2.24) is 0 Å². The van der Waals surface area contributed by atoms with Crippen molar-refractivity contribution in [1.29, 1.82) is 0 Å². The summed E-state index contributed by atoms with van der Waals surface area (Å²) in [6.45, 7) is 0. The average Bonchev–Trinajstić information content (AvgIpc) is 2.94. The predicted octanol–water partition coefficient (Wildman–Crippen LogP) is 2.21. The van der Waals surface area contributed by atoms with Crippen LogP contribution in [0.25, 0.3) is 0 Å². The van der Waals surface area contributed by atoms with Gasteiger partial charge in [0.25, 0.3) is 0 Å². The van der Waals surface area contributed by atoms with E-state index >= 15 is 0 Å². The highest BCUT2D eigenvalue weighted by Gasteiger charge is 2.20. The number of hydrogen-bond donors (Lipinski definition) is 1. The van der Waals surface area contributed by atoms with Crippen molar-refractivity contribution in [2.45, 2.75) is 19.3 Å². The first-order valence-corrected chi connectivity index (χ1v) is 4.57. The van der Waals surface area contributed by atoms with Gasteiger partial charge in [0.05, 0.1) is 0 Å². The monoisotopic (exact) mass is 163 g/mol. The molecule has 1 nitrogen and oxygen atoms in total. The maximum atomic E-state index is 4.50. The summed E-state index contributed by atoms with van der Waals surface area (Å²) >= 11 is 0. The van der Waals surface area contributed by atoms with Gasteiger partial charge in [-0.3, -0.25) is 0 Å². The second-order valence-corrected chi connectivity index (χ2v) is 3.13. The van der Waals surface area contributed by atoms with Crippen LogP contribution >= 0.6 is 0 Å². The third-order valence-corrected chi connectivity index (χ3v) is 2.06. The summed E-state index contributed by atoms with van der Waals surface area (Å²) in [4.78, 5) is 0. The highest BCUT2D eigenvalue weighted by molar-refractivity contribution is 5.15. The summed E-state index contributed by atoms with van der Waals surface area (Å²) in [5.41, 5.74) is 6.00. The third kappa shape index (κ3) is 3.05. The lowest BCUT2D eigenvalue weighted by Gasteiger charge is -1.95. The Balaban J connectivity index is 0.000000336. The van der Waals surface area contributed by atoms with Crippen LogP contribution in [0, 0.1) is 5.92 Å². The van der Waals surface area contributed by atoms with Crippen LogP contribution in [0.15, 0.2) is 30.3 Å². The molecule has 0 radical (unpaired) electrons. The SMILES string of the molecule is CN.c1ccc(CC2CC2)cc1. The number of hydrogen-bond acceptors (Lipinski definition) is 1. The maximum absolute atomic E-state index is 4.50. The van der Waals surface area contributed by atoms with Gasteiger partial charge in [-0.25, -0.2) is 0 Å². The molecule has 0 amide bonds. The van der Waals surface area contributed by atoms with Crippen molar-refractivity contribution in [3.05, 3.63) is 35.9 Å². The highest BCUT2D eigenvalue weighted by Crippen LogP contribution is 2.32. The van der Waals surface area contributed by atoms with Gasteiger partial charge in [-0.15, -0.1) is 0 Å². The van der Waals surface area contributed by atoms with Gasteiger partial charge in [0.15, 0.2) is 0 Å². The van der Waals surface area contributed by atoms with Gasteiger partial charge in [0.1, 0.15) is 0 Å². The Bertz CT molecular complexity index is 202. The Labute approximate surface area is 74.6 Å². The Morgan fingerprint density at radius 3 is 2.25 bits per heavy atom. The van der Waals surface area contributed by atoms with E-state index in [9.17, 15) is 0 Å². The summed E-state index contributed by atoms with van der Waals surface area (Å²) in [6, 6.07) is 10.8. The second-order valence-electron chi connectivity index (χ2n) is 3.13. The Morgan fingerprint density at radius 2 is 1.75 bits per heavy atom. The van der Waals surface area contributed by atoms with E-state index < -0.39 is 0 Å². The minimum absolute atomic E-state index is 1.02. The van der Waals surface area contributed by atoms with E-state index in [2.05, 4.69) is 36.1 Å². The summed E-state index contributed by atoms with van der Waals surface area (Å²) in [7, 11) is 1.50. The molecule has 0 spiro atoms. The van der Waals surface area contributed by atoms with Gasteiger partial charge < -0.3 is 5.73 Å². The van der Waals surface area contributed by atoms with Crippen molar-refractivity contribution in [3.63, 3.8) is 0 Å². The third-order valence-electron chi connectivity index (χ3n) is 2.06. The lowest BCUT2D eigenvalue weighted by Crippen LogP contribution is -1.84. The van der Waals surface area contributed by atoms with Gasteiger partial charge >= 0.3 is 0 Å². The van der Waals surface area contributed by atoms with Crippen LogP contribution in [-0.2, 0) is 6.42 Å². The molecule has 2 N–H and O–H groups in total.